The first kappa shape index (κ1) is 41.8. The van der Waals surface area contributed by atoms with Crippen molar-refractivity contribution in [2.75, 3.05) is 0 Å². The van der Waals surface area contributed by atoms with Gasteiger partial charge in [0.1, 0.15) is 0 Å². The number of hydrogen-bond acceptors (Lipinski definition) is 0. The highest BCUT2D eigenvalue weighted by molar-refractivity contribution is 7.73. The lowest BCUT2D eigenvalue weighted by atomic mass is 9.95. The van der Waals surface area contributed by atoms with Crippen molar-refractivity contribution in [1.29, 1.82) is 0 Å². The maximum Gasteiger partial charge on any atom is 0.416 e. The van der Waals surface area contributed by atoms with E-state index in [9.17, 15) is 52.7 Å². The third-order valence-electron chi connectivity index (χ3n) is 11.0. The van der Waals surface area contributed by atoms with E-state index in [2.05, 4.69) is 6.08 Å². The van der Waals surface area contributed by atoms with Crippen LogP contribution in [0.4, 0.5) is 52.7 Å². The van der Waals surface area contributed by atoms with Crippen LogP contribution in [0, 0.1) is 0 Å². The Morgan fingerprint density at radius 1 is 0.527 bits per heavy atom. The van der Waals surface area contributed by atoms with Crippen molar-refractivity contribution in [1.82, 2.24) is 0 Å². The molecule has 0 spiro atoms. The lowest BCUT2D eigenvalue weighted by molar-refractivity contribution is -0.144. The van der Waals surface area contributed by atoms with Gasteiger partial charge in [0.25, 0.3) is 0 Å². The molecule has 0 N–H and O–H groups in total. The van der Waals surface area contributed by atoms with Gasteiger partial charge in [-0.15, -0.1) is 0 Å². The lowest BCUT2D eigenvalue weighted by Gasteiger charge is -2.43. The fourth-order valence-electron chi connectivity index (χ4n) is 8.50. The molecule has 1 unspecified atom stereocenters. The Balaban J connectivity index is 1.55. The topological polar surface area (TPSA) is 0 Å². The van der Waals surface area contributed by atoms with E-state index in [1.54, 1.807) is 18.2 Å². The second-order valence-corrected chi connectivity index (χ2v) is 20.1. The van der Waals surface area contributed by atoms with E-state index in [-0.39, 0.29) is 17.8 Å². The maximum absolute atomic E-state index is 14.2. The minimum atomic E-state index is -5.30. The van der Waals surface area contributed by atoms with Crippen LogP contribution in [-0.2, 0) is 24.7 Å². The molecule has 0 bridgehead atoms. The minimum absolute atomic E-state index is 0.0263. The zero-order valence-corrected chi connectivity index (χ0v) is 31.6. The van der Waals surface area contributed by atoms with Gasteiger partial charge >= 0.3 is 24.7 Å². The molecule has 0 nitrogen and oxygen atoms in total. The lowest BCUT2D eigenvalue weighted by Crippen LogP contribution is -2.29. The highest BCUT2D eigenvalue weighted by Gasteiger charge is 2.43. The van der Waals surface area contributed by atoms with Gasteiger partial charge in [-0.1, -0.05) is 95.9 Å². The predicted octanol–water partition coefficient (Wildman–Crippen LogP) is 14.0. The van der Waals surface area contributed by atoms with E-state index >= 15 is 0 Å². The predicted molar refractivity (Wildman–Crippen MR) is 196 cm³/mol. The van der Waals surface area contributed by atoms with Crippen molar-refractivity contribution < 1.29 is 52.7 Å². The minimum Gasteiger partial charge on any atom is -0.166 e. The molecular formula is C41H40F12P2. The van der Waals surface area contributed by atoms with Crippen LogP contribution in [0.5, 0.6) is 0 Å². The smallest absolute Gasteiger partial charge is 0.166 e. The summed E-state index contributed by atoms with van der Waals surface area (Å²) in [5.74, 6) is 0. The number of halogens is 12. The van der Waals surface area contributed by atoms with Crippen LogP contribution in [0.3, 0.4) is 0 Å². The third kappa shape index (κ3) is 9.49. The average molecular weight is 823 g/mol. The summed E-state index contributed by atoms with van der Waals surface area (Å²) in [6, 6.07) is 1.52. The molecule has 4 aliphatic carbocycles. The molecule has 0 saturated heterocycles. The molecule has 0 aliphatic heterocycles. The highest BCUT2D eigenvalue weighted by Crippen LogP contribution is 2.62. The van der Waals surface area contributed by atoms with Crippen molar-refractivity contribution in [3.8, 4) is 0 Å². The van der Waals surface area contributed by atoms with E-state index in [0.29, 0.717) is 46.7 Å². The van der Waals surface area contributed by atoms with Crippen LogP contribution < -0.4 is 10.6 Å². The summed E-state index contributed by atoms with van der Waals surface area (Å²) in [5, 5.41) is -1.28. The third-order valence-corrected chi connectivity index (χ3v) is 17.5. The number of rotatable bonds is 7. The van der Waals surface area contributed by atoms with E-state index < -0.39 is 79.1 Å². The molecule has 2 saturated carbocycles. The first-order valence-electron chi connectivity index (χ1n) is 18.4. The largest absolute Gasteiger partial charge is 0.416 e. The van der Waals surface area contributed by atoms with Crippen molar-refractivity contribution in [3.63, 3.8) is 0 Å². The first-order chi connectivity index (χ1) is 25.7. The van der Waals surface area contributed by atoms with Crippen LogP contribution in [0.25, 0.3) is 0 Å². The van der Waals surface area contributed by atoms with E-state index in [1.165, 1.54) is 6.92 Å². The Labute approximate surface area is 315 Å². The molecule has 4 aliphatic rings. The average Bonchev–Trinajstić information content (AvgIpc) is 3.61. The van der Waals surface area contributed by atoms with Crippen LogP contribution in [0.15, 0.2) is 95.6 Å². The van der Waals surface area contributed by atoms with Gasteiger partial charge in [0.15, 0.2) is 0 Å². The molecule has 14 heteroatoms. The van der Waals surface area contributed by atoms with Crippen molar-refractivity contribution in [3.05, 3.63) is 118 Å². The molecule has 2 fully saturated rings. The highest BCUT2D eigenvalue weighted by atomic mass is 31.1. The number of benzene rings is 2. The molecule has 55 heavy (non-hydrogen) atoms. The summed E-state index contributed by atoms with van der Waals surface area (Å²) in [7, 11) is -3.39. The number of hydrogen-bond donors (Lipinski definition) is 0. The summed E-state index contributed by atoms with van der Waals surface area (Å²) in [6.45, 7) is 1.47. The second-order valence-electron chi connectivity index (χ2n) is 14.6. The summed E-state index contributed by atoms with van der Waals surface area (Å²) in [6.07, 6.45) is 3.03. The molecule has 298 valence electrons. The Morgan fingerprint density at radius 3 is 1.35 bits per heavy atom. The van der Waals surface area contributed by atoms with Crippen LogP contribution >= 0.6 is 15.8 Å². The Kier molecular flexibility index (Phi) is 12.3. The molecular weight excluding hydrogens is 782 g/mol. The molecule has 0 radical (unpaired) electrons. The van der Waals surface area contributed by atoms with Gasteiger partial charge in [0.05, 0.1) is 22.3 Å². The summed E-state index contributed by atoms with van der Waals surface area (Å²) in [5.41, 5.74) is -4.98. The molecule has 0 heterocycles. The van der Waals surface area contributed by atoms with Crippen LogP contribution in [0.2, 0.25) is 0 Å². The van der Waals surface area contributed by atoms with Crippen LogP contribution in [0.1, 0.15) is 93.4 Å². The Bertz CT molecular complexity index is 1700. The fraction of sp³-hybridized carbons (Fsp3) is 0.463. The first-order valence-corrected chi connectivity index (χ1v) is 21.3. The molecule has 2 aromatic carbocycles. The fourth-order valence-corrected chi connectivity index (χ4v) is 15.6. The quantitative estimate of drug-likeness (QED) is 0.193. The Morgan fingerprint density at radius 2 is 0.945 bits per heavy atom. The summed E-state index contributed by atoms with van der Waals surface area (Å²) < 4.78 is 170. The molecule has 6 rings (SSSR count). The second kappa shape index (κ2) is 16.2. The van der Waals surface area contributed by atoms with E-state index in [1.807, 2.05) is 18.2 Å². The van der Waals surface area contributed by atoms with Gasteiger partial charge in [0.2, 0.25) is 0 Å². The number of alkyl halides is 12. The van der Waals surface area contributed by atoms with Crippen LogP contribution in [-0.4, -0.2) is 22.6 Å². The van der Waals surface area contributed by atoms with Crippen molar-refractivity contribution >= 4 is 26.5 Å². The molecule has 2 atom stereocenters. The van der Waals surface area contributed by atoms with Gasteiger partial charge < -0.3 is 0 Å². The van der Waals surface area contributed by atoms with Crippen molar-refractivity contribution in [2.45, 2.75) is 118 Å². The number of allylic oxidation sites excluding steroid dienone is 10. The van der Waals surface area contributed by atoms with Gasteiger partial charge in [-0.25, -0.2) is 0 Å². The summed E-state index contributed by atoms with van der Waals surface area (Å²) >= 11 is 0. The summed E-state index contributed by atoms with van der Waals surface area (Å²) in [4.78, 5) is 0. The van der Waals surface area contributed by atoms with Gasteiger partial charge in [-0.3, -0.25) is 0 Å². The van der Waals surface area contributed by atoms with E-state index in [0.717, 1.165) is 69.8 Å². The molecule has 0 amide bonds. The maximum atomic E-state index is 14.2. The van der Waals surface area contributed by atoms with Gasteiger partial charge in [-0.05, 0) is 109 Å². The SMILES string of the molecule is C[C@H](C1=CC=C/C1=C1\C=CC=CC1P(C1CCCCC1)C1CCCCC1)P(c1cc(C(F)(F)F)cc(C(F)(F)F)c1)c1cc(C(F)(F)F)cc(C(F)(F)F)c1. The van der Waals surface area contributed by atoms with Gasteiger partial charge in [-0.2, -0.15) is 52.7 Å². The Hall–Kier alpha value is -2.84. The zero-order chi connectivity index (χ0) is 39.9. The normalized spacial score (nSPS) is 22.6. The zero-order valence-electron chi connectivity index (χ0n) is 29.8. The monoisotopic (exact) mass is 822 g/mol. The van der Waals surface area contributed by atoms with Gasteiger partial charge in [0, 0.05) is 11.3 Å². The molecule has 2 aromatic rings. The van der Waals surface area contributed by atoms with E-state index in [4.69, 9.17) is 0 Å². The standard InChI is InChI=1S/C41H40F12P2/c1-25(34-16-10-17-35(34)36-15-8-9-18-37(36)55(30-11-4-2-5-12-30)31-13-6-3-7-14-31)54(32-21-26(38(42,43)44)19-27(22-32)39(45,46)47)33-23-28(40(48,49)50)20-29(24-33)41(51,52)53/h8-10,15-25,30-31,37H,2-7,11-14H2,1H3/b36-35-/t25-,37?/m1/s1. The molecule has 0 aromatic heterocycles. The van der Waals surface area contributed by atoms with Crippen molar-refractivity contribution in [2.24, 2.45) is 0 Å².